The van der Waals surface area contributed by atoms with E-state index < -0.39 is 11.0 Å². The number of Topliss-reactive ketones (excluding diaryl/α,β-unsaturated/α-hetero) is 2. The van der Waals surface area contributed by atoms with Crippen LogP contribution in [0.1, 0.15) is 42.1 Å². The van der Waals surface area contributed by atoms with E-state index in [4.69, 9.17) is 0 Å². The van der Waals surface area contributed by atoms with Crippen LogP contribution in [0.25, 0.3) is 10.8 Å². The Hall–Kier alpha value is -2.00. The maximum absolute atomic E-state index is 12.7. The summed E-state index contributed by atoms with van der Waals surface area (Å²) in [5.41, 5.74) is -0.953. The zero-order valence-corrected chi connectivity index (χ0v) is 11.8. The molecular weight excluding hydrogens is 264 g/mol. The third-order valence-electron chi connectivity index (χ3n) is 5.41. The lowest BCUT2D eigenvalue weighted by atomic mass is 9.62. The summed E-state index contributed by atoms with van der Waals surface area (Å²) in [6.07, 6.45) is 0.844. The average Bonchev–Trinajstić information content (AvgIpc) is 2.71. The fourth-order valence-electron chi connectivity index (χ4n) is 4.08. The predicted molar refractivity (Wildman–Crippen MR) is 79.1 cm³/mol. The Morgan fingerprint density at radius 2 is 1.86 bits per heavy atom. The number of aliphatic hydroxyl groups is 1. The van der Waals surface area contributed by atoms with Gasteiger partial charge in [-0.3, -0.25) is 9.59 Å². The van der Waals surface area contributed by atoms with Gasteiger partial charge in [0.25, 0.3) is 0 Å². The molecule has 1 saturated carbocycles. The molecule has 21 heavy (non-hydrogen) atoms. The number of carbonyl (C=O) groups is 2. The Bertz CT molecular complexity index is 807. The first-order chi connectivity index (χ1) is 9.97. The normalized spacial score (nSPS) is 31.3. The van der Waals surface area contributed by atoms with E-state index in [0.717, 1.165) is 10.8 Å². The van der Waals surface area contributed by atoms with Crippen LogP contribution in [0.2, 0.25) is 0 Å². The molecule has 2 aromatic carbocycles. The van der Waals surface area contributed by atoms with Crippen molar-refractivity contribution in [3.05, 3.63) is 47.5 Å². The minimum Gasteiger partial charge on any atom is -0.384 e. The van der Waals surface area contributed by atoms with E-state index in [2.05, 4.69) is 0 Å². The predicted octanol–water partition coefficient (Wildman–Crippen LogP) is 2.98. The fraction of sp³-hybridized carbons (Fsp3) is 0.333. The Labute approximate surface area is 122 Å². The third-order valence-corrected chi connectivity index (χ3v) is 5.41. The monoisotopic (exact) mass is 280 g/mol. The molecule has 3 heteroatoms. The van der Waals surface area contributed by atoms with Gasteiger partial charge in [-0.05, 0) is 29.7 Å². The molecule has 106 valence electrons. The van der Waals surface area contributed by atoms with Crippen molar-refractivity contribution in [3.8, 4) is 0 Å². The van der Waals surface area contributed by atoms with Crippen molar-refractivity contribution in [1.29, 1.82) is 0 Å². The summed E-state index contributed by atoms with van der Waals surface area (Å²) in [7, 11) is 0. The molecule has 0 aliphatic heterocycles. The second kappa shape index (κ2) is 3.80. The van der Waals surface area contributed by atoms with Crippen LogP contribution < -0.4 is 0 Å². The van der Waals surface area contributed by atoms with Gasteiger partial charge in [0.2, 0.25) is 0 Å². The van der Waals surface area contributed by atoms with Gasteiger partial charge < -0.3 is 5.11 Å². The van der Waals surface area contributed by atoms with E-state index in [1.54, 1.807) is 6.92 Å². The van der Waals surface area contributed by atoms with Gasteiger partial charge in [0.1, 0.15) is 11.4 Å². The summed E-state index contributed by atoms with van der Waals surface area (Å²) in [5, 5.41) is 13.1. The second-order valence-electron chi connectivity index (χ2n) is 6.42. The maximum Gasteiger partial charge on any atom is 0.165 e. The van der Waals surface area contributed by atoms with E-state index in [1.165, 1.54) is 0 Å². The van der Waals surface area contributed by atoms with Crippen LogP contribution >= 0.6 is 0 Å². The first-order valence-electron chi connectivity index (χ1n) is 7.28. The van der Waals surface area contributed by atoms with Crippen molar-refractivity contribution < 1.29 is 14.7 Å². The first-order valence-corrected chi connectivity index (χ1v) is 7.28. The molecule has 3 nitrogen and oxygen atoms in total. The van der Waals surface area contributed by atoms with Crippen LogP contribution in [-0.2, 0) is 10.4 Å². The number of fused-ring (bicyclic) bond motifs is 5. The molecule has 4 rings (SSSR count). The van der Waals surface area contributed by atoms with Gasteiger partial charge >= 0.3 is 0 Å². The summed E-state index contributed by atoms with van der Waals surface area (Å²) in [4.78, 5) is 24.9. The molecular formula is C18H16O3. The molecule has 2 aliphatic rings. The van der Waals surface area contributed by atoms with E-state index >= 15 is 0 Å². The number of hydrogen-bond acceptors (Lipinski definition) is 3. The second-order valence-corrected chi connectivity index (χ2v) is 6.42. The highest BCUT2D eigenvalue weighted by molar-refractivity contribution is 6.13. The van der Waals surface area contributed by atoms with Crippen LogP contribution in [0.15, 0.2) is 36.4 Å². The highest BCUT2D eigenvalue weighted by Crippen LogP contribution is 2.57. The van der Waals surface area contributed by atoms with Crippen LogP contribution in [0.3, 0.4) is 0 Å². The van der Waals surface area contributed by atoms with Crippen molar-refractivity contribution >= 4 is 22.3 Å². The summed E-state index contributed by atoms with van der Waals surface area (Å²) in [6.45, 7) is 1.73. The van der Waals surface area contributed by atoms with Crippen LogP contribution in [0.5, 0.6) is 0 Å². The maximum atomic E-state index is 12.7. The Kier molecular flexibility index (Phi) is 2.30. The summed E-state index contributed by atoms with van der Waals surface area (Å²) < 4.78 is 0. The van der Waals surface area contributed by atoms with Gasteiger partial charge in [-0.25, -0.2) is 0 Å². The fourth-order valence-corrected chi connectivity index (χ4v) is 4.08. The standard InChI is InChI=1S/C18H16O3/c1-17-10-14(19)16-12-5-3-2-4-11(12)6-7-13(16)18(17,21)9-8-15(17)20/h2-7,21H,8-10H2,1H3/t17-,18+/m1/s1. The molecule has 0 bridgehead atoms. The number of carbonyl (C=O) groups excluding carboxylic acids is 2. The lowest BCUT2D eigenvalue weighted by molar-refractivity contribution is -0.136. The number of benzene rings is 2. The van der Waals surface area contributed by atoms with Crippen molar-refractivity contribution in [2.45, 2.75) is 31.8 Å². The Morgan fingerprint density at radius 1 is 1.10 bits per heavy atom. The quantitative estimate of drug-likeness (QED) is 0.807. The molecule has 0 radical (unpaired) electrons. The molecule has 2 aliphatic carbocycles. The average molecular weight is 280 g/mol. The summed E-state index contributed by atoms with van der Waals surface area (Å²) in [6, 6.07) is 11.4. The minimum atomic E-state index is -1.21. The largest absolute Gasteiger partial charge is 0.384 e. The molecule has 1 fully saturated rings. The number of ketones is 2. The van der Waals surface area contributed by atoms with E-state index in [0.29, 0.717) is 24.0 Å². The van der Waals surface area contributed by atoms with Crippen molar-refractivity contribution in [1.82, 2.24) is 0 Å². The summed E-state index contributed by atoms with van der Waals surface area (Å²) >= 11 is 0. The van der Waals surface area contributed by atoms with Gasteiger partial charge in [0, 0.05) is 18.4 Å². The smallest absolute Gasteiger partial charge is 0.165 e. The highest BCUT2D eigenvalue weighted by atomic mass is 16.3. The highest BCUT2D eigenvalue weighted by Gasteiger charge is 2.61. The molecule has 0 heterocycles. The van der Waals surface area contributed by atoms with Gasteiger partial charge in [-0.1, -0.05) is 36.4 Å². The van der Waals surface area contributed by atoms with Crippen LogP contribution in [0.4, 0.5) is 0 Å². The van der Waals surface area contributed by atoms with Crippen molar-refractivity contribution in [2.75, 3.05) is 0 Å². The zero-order valence-electron chi connectivity index (χ0n) is 11.8. The van der Waals surface area contributed by atoms with Gasteiger partial charge in [-0.15, -0.1) is 0 Å². The molecule has 0 spiro atoms. The lowest BCUT2D eigenvalue weighted by Crippen LogP contribution is -2.48. The van der Waals surface area contributed by atoms with Crippen LogP contribution in [-0.4, -0.2) is 16.7 Å². The van der Waals surface area contributed by atoms with Crippen molar-refractivity contribution in [3.63, 3.8) is 0 Å². The molecule has 0 unspecified atom stereocenters. The van der Waals surface area contributed by atoms with Crippen molar-refractivity contribution in [2.24, 2.45) is 5.41 Å². The number of rotatable bonds is 0. The topological polar surface area (TPSA) is 54.4 Å². The molecule has 1 N–H and O–H groups in total. The van der Waals surface area contributed by atoms with E-state index in [-0.39, 0.29) is 18.0 Å². The third kappa shape index (κ3) is 1.37. The summed E-state index contributed by atoms with van der Waals surface area (Å²) in [5.74, 6) is -0.0404. The minimum absolute atomic E-state index is 0.00263. The zero-order chi connectivity index (χ0) is 14.8. The van der Waals surface area contributed by atoms with Crippen LogP contribution in [0, 0.1) is 5.41 Å². The Balaban J connectivity index is 2.10. The van der Waals surface area contributed by atoms with E-state index in [9.17, 15) is 14.7 Å². The molecule has 0 amide bonds. The Morgan fingerprint density at radius 3 is 2.67 bits per heavy atom. The lowest BCUT2D eigenvalue weighted by Gasteiger charge is -2.43. The molecule has 0 aromatic heterocycles. The van der Waals surface area contributed by atoms with Gasteiger partial charge in [0.05, 0.1) is 5.41 Å². The first kappa shape index (κ1) is 12.7. The SMILES string of the molecule is C[C@]12CC(=O)c3c(ccc4ccccc34)[C@@]1(O)CCC2=O. The molecule has 0 saturated heterocycles. The molecule has 2 aromatic rings. The van der Waals surface area contributed by atoms with Gasteiger partial charge in [0.15, 0.2) is 5.78 Å². The van der Waals surface area contributed by atoms with E-state index in [1.807, 2.05) is 36.4 Å². The van der Waals surface area contributed by atoms with Gasteiger partial charge in [-0.2, -0.15) is 0 Å². The molecule has 2 atom stereocenters. The number of hydrogen-bond donors (Lipinski definition) is 1.